The summed E-state index contributed by atoms with van der Waals surface area (Å²) in [6.45, 7) is 13.8. The summed E-state index contributed by atoms with van der Waals surface area (Å²) in [5, 5.41) is 4.13. The largest absolute Gasteiger partial charge is 0.493 e. The number of aromatic nitrogens is 2. The average molecular weight is 612 g/mol. The number of hydrogen-bond donors (Lipinski definition) is 1. The van der Waals surface area contributed by atoms with Crippen molar-refractivity contribution in [2.24, 2.45) is 23.0 Å². The van der Waals surface area contributed by atoms with Gasteiger partial charge < -0.3 is 29.5 Å². The minimum Gasteiger partial charge on any atom is -0.493 e. The van der Waals surface area contributed by atoms with Crippen LogP contribution in [0.3, 0.4) is 0 Å². The fraction of sp³-hybridized carbons (Fsp3) is 0.676. The molecule has 2 atom stereocenters. The molecule has 3 heterocycles. The molecule has 2 unspecified atom stereocenters. The Morgan fingerprint density at radius 3 is 2.61 bits per heavy atom. The lowest BCUT2D eigenvalue weighted by molar-refractivity contribution is -0.130. The van der Waals surface area contributed by atoms with Crippen LogP contribution in [0.2, 0.25) is 0 Å². The maximum absolute atomic E-state index is 15.1. The lowest BCUT2D eigenvalue weighted by Crippen LogP contribution is -2.42. The topological polar surface area (TPSA) is 107 Å². The third-order valence-corrected chi connectivity index (χ3v) is 9.72. The highest BCUT2D eigenvalue weighted by Crippen LogP contribution is 2.48. The van der Waals surface area contributed by atoms with Gasteiger partial charge >= 0.3 is 6.01 Å². The Bertz CT molecular complexity index is 1320. The van der Waals surface area contributed by atoms with Gasteiger partial charge in [-0.05, 0) is 74.8 Å². The van der Waals surface area contributed by atoms with Crippen LogP contribution < -0.4 is 15.4 Å². The smallest absolute Gasteiger partial charge is 0.324 e. The fourth-order valence-electron chi connectivity index (χ4n) is 7.18. The number of ether oxygens (including phenoxy) is 2. The third-order valence-electron chi connectivity index (χ3n) is 9.72. The van der Waals surface area contributed by atoms with Gasteiger partial charge in [0.15, 0.2) is 5.82 Å². The molecular formula is C34H50FN5O4. The monoisotopic (exact) mass is 611 g/mol. The summed E-state index contributed by atoms with van der Waals surface area (Å²) in [4.78, 5) is 21.4. The van der Waals surface area contributed by atoms with E-state index in [1.165, 1.54) is 18.9 Å². The standard InChI is InChI=1S/C34H50FN5O4/c1-22(2)32-37-33(44-38-32)39-14-10-26(11-15-39)34(5)13-6-7-24(19-34)21-42-27-9-8-25(28(35)18-27)17-31(41)40-16-12-30(29(36)20-40)43-23(3)4/h8-9,18,22-24,26H,6-7,10-17,19-21,36H2,1-5H3. The van der Waals surface area contributed by atoms with Gasteiger partial charge in [0, 0.05) is 38.0 Å². The van der Waals surface area contributed by atoms with E-state index >= 15 is 4.39 Å². The van der Waals surface area contributed by atoms with Gasteiger partial charge in [-0.15, -0.1) is 0 Å². The normalized spacial score (nSPS) is 23.5. The van der Waals surface area contributed by atoms with E-state index in [2.05, 4.69) is 35.8 Å². The van der Waals surface area contributed by atoms with Gasteiger partial charge in [-0.1, -0.05) is 38.4 Å². The molecular weight excluding hydrogens is 561 g/mol. The summed E-state index contributed by atoms with van der Waals surface area (Å²) in [5.41, 5.74) is 7.35. The molecule has 1 aliphatic carbocycles. The summed E-state index contributed by atoms with van der Waals surface area (Å²) >= 11 is 0. The van der Waals surface area contributed by atoms with E-state index < -0.39 is 5.82 Å². The van der Waals surface area contributed by atoms with Gasteiger partial charge in [0.2, 0.25) is 5.91 Å². The highest BCUT2D eigenvalue weighted by molar-refractivity contribution is 5.79. The van der Waals surface area contributed by atoms with Crippen molar-refractivity contribution in [1.82, 2.24) is 15.0 Å². The van der Waals surface area contributed by atoms with E-state index in [4.69, 9.17) is 19.7 Å². The molecule has 2 N–H and O–H groups in total. The quantitative estimate of drug-likeness (QED) is 0.339. The van der Waals surface area contributed by atoms with Crippen molar-refractivity contribution in [2.45, 2.75) is 98.0 Å². The van der Waals surface area contributed by atoms with E-state index in [0.717, 1.165) is 50.4 Å². The minimum atomic E-state index is -0.415. The van der Waals surface area contributed by atoms with Gasteiger partial charge in [0.1, 0.15) is 17.3 Å². The van der Waals surface area contributed by atoms with Crippen molar-refractivity contribution < 1.29 is 23.2 Å². The molecule has 0 radical (unpaired) electrons. The van der Waals surface area contributed by atoms with E-state index in [9.17, 15) is 4.79 Å². The van der Waals surface area contributed by atoms with Crippen LogP contribution in [-0.4, -0.2) is 59.8 Å². The number of piperidine rings is 1. The molecule has 2 aliphatic heterocycles. The number of halogens is 1. The number of rotatable bonds is 10. The molecule has 1 aromatic heterocycles. The van der Waals surface area contributed by atoms with Crippen molar-refractivity contribution in [1.29, 1.82) is 0 Å². The summed E-state index contributed by atoms with van der Waals surface area (Å²) in [7, 11) is 0. The second-order valence-corrected chi connectivity index (χ2v) is 13.9. The zero-order chi connectivity index (χ0) is 31.4. The average Bonchev–Trinajstić information content (AvgIpc) is 3.49. The molecule has 2 aromatic rings. The Balaban J connectivity index is 1.09. The zero-order valence-corrected chi connectivity index (χ0v) is 27.1. The second kappa shape index (κ2) is 13.8. The molecule has 0 spiro atoms. The molecule has 1 aromatic carbocycles. The molecule has 3 aliphatic rings. The van der Waals surface area contributed by atoms with Gasteiger partial charge in [-0.3, -0.25) is 4.79 Å². The van der Waals surface area contributed by atoms with Crippen LogP contribution in [0.1, 0.15) is 96.9 Å². The lowest BCUT2D eigenvalue weighted by atomic mass is 9.62. The van der Waals surface area contributed by atoms with E-state index in [-0.39, 0.29) is 29.8 Å². The Labute approximate surface area is 261 Å². The second-order valence-electron chi connectivity index (χ2n) is 13.9. The first kappa shape index (κ1) is 32.1. The first-order valence-corrected chi connectivity index (χ1v) is 16.4. The lowest BCUT2D eigenvalue weighted by Gasteiger charge is -2.46. The molecule has 0 bridgehead atoms. The Hall–Kier alpha value is -3.30. The van der Waals surface area contributed by atoms with Crippen LogP contribution in [0.4, 0.5) is 10.4 Å². The molecule has 44 heavy (non-hydrogen) atoms. The molecule has 2 fully saturated rings. The number of carbonyl (C=O) groups is 1. The summed E-state index contributed by atoms with van der Waals surface area (Å²) < 4.78 is 32.5. The first-order chi connectivity index (χ1) is 21.0. The number of nitrogens with zero attached hydrogens (tertiary/aromatic N) is 4. The molecule has 5 rings (SSSR count). The van der Waals surface area contributed by atoms with Gasteiger partial charge in [0.25, 0.3) is 0 Å². The highest BCUT2D eigenvalue weighted by atomic mass is 19.1. The van der Waals surface area contributed by atoms with Gasteiger partial charge in [-0.25, -0.2) is 4.39 Å². The maximum atomic E-state index is 15.1. The molecule has 1 amide bonds. The van der Waals surface area contributed by atoms with Crippen LogP contribution in [0, 0.1) is 23.1 Å². The maximum Gasteiger partial charge on any atom is 0.324 e. The highest BCUT2D eigenvalue weighted by Gasteiger charge is 2.41. The predicted molar refractivity (Wildman–Crippen MR) is 168 cm³/mol. The van der Waals surface area contributed by atoms with Crippen LogP contribution in [-0.2, 0) is 16.0 Å². The zero-order valence-electron chi connectivity index (χ0n) is 27.1. The molecule has 9 nitrogen and oxygen atoms in total. The SMILES string of the molecule is CC(C)OC1=C(N)CN(C(=O)Cc2ccc(OCC3CCCC(C)(C4CCN(c5nc(C(C)C)no5)CC4)C3)cc2F)CC1. The van der Waals surface area contributed by atoms with Crippen LogP contribution in [0.25, 0.3) is 0 Å². The van der Waals surface area contributed by atoms with Gasteiger partial charge in [0.05, 0.1) is 31.4 Å². The molecule has 1 saturated heterocycles. The van der Waals surface area contributed by atoms with Crippen molar-refractivity contribution in [3.63, 3.8) is 0 Å². The number of anilines is 1. The van der Waals surface area contributed by atoms with Crippen LogP contribution >= 0.6 is 0 Å². The van der Waals surface area contributed by atoms with Crippen molar-refractivity contribution in [3.8, 4) is 5.75 Å². The van der Waals surface area contributed by atoms with Crippen molar-refractivity contribution in [2.75, 3.05) is 37.7 Å². The Kier molecular flexibility index (Phi) is 10.1. The van der Waals surface area contributed by atoms with E-state index in [1.807, 2.05) is 13.8 Å². The number of hydrogen-bond acceptors (Lipinski definition) is 8. The van der Waals surface area contributed by atoms with Gasteiger partial charge in [-0.2, -0.15) is 4.98 Å². The van der Waals surface area contributed by atoms with E-state index in [1.54, 1.807) is 17.0 Å². The summed E-state index contributed by atoms with van der Waals surface area (Å²) in [5.74, 6) is 2.80. The first-order valence-electron chi connectivity index (χ1n) is 16.4. The number of carbonyl (C=O) groups excluding carboxylic acids is 1. The minimum absolute atomic E-state index is 0.00898. The predicted octanol–water partition coefficient (Wildman–Crippen LogP) is 6.19. The number of nitrogens with two attached hydrogens (primary N) is 1. The fourth-order valence-corrected chi connectivity index (χ4v) is 7.18. The molecule has 10 heteroatoms. The molecule has 242 valence electrons. The number of benzene rings is 1. The Morgan fingerprint density at radius 2 is 1.95 bits per heavy atom. The van der Waals surface area contributed by atoms with E-state index in [0.29, 0.717) is 61.0 Å². The Morgan fingerprint density at radius 1 is 1.18 bits per heavy atom. The summed E-state index contributed by atoms with van der Waals surface area (Å²) in [6, 6.07) is 5.52. The summed E-state index contributed by atoms with van der Waals surface area (Å²) in [6.07, 6.45) is 7.48. The number of amides is 1. The van der Waals surface area contributed by atoms with Crippen LogP contribution in [0.15, 0.2) is 34.2 Å². The third kappa shape index (κ3) is 7.67. The molecule has 1 saturated carbocycles. The van der Waals surface area contributed by atoms with Crippen molar-refractivity contribution in [3.05, 3.63) is 46.9 Å². The van der Waals surface area contributed by atoms with Crippen molar-refractivity contribution >= 4 is 11.9 Å². The van der Waals surface area contributed by atoms with Crippen LogP contribution in [0.5, 0.6) is 5.75 Å².